The van der Waals surface area contributed by atoms with Crippen molar-refractivity contribution in [2.75, 3.05) is 13.7 Å². The van der Waals surface area contributed by atoms with Gasteiger partial charge in [0.15, 0.2) is 0 Å². The summed E-state index contributed by atoms with van der Waals surface area (Å²) in [5.41, 5.74) is 7.58. The summed E-state index contributed by atoms with van der Waals surface area (Å²) in [4.78, 5) is 0. The van der Waals surface area contributed by atoms with Crippen LogP contribution >= 0.6 is 15.9 Å². The van der Waals surface area contributed by atoms with E-state index in [1.54, 1.807) is 7.11 Å². The SMILES string of the molecule is COc1cc2ccc(Br)cc2cc1C1(CN)CCCCC1. The number of benzene rings is 2. The molecule has 2 aromatic rings. The van der Waals surface area contributed by atoms with E-state index in [1.165, 1.54) is 48.4 Å². The lowest BCUT2D eigenvalue weighted by molar-refractivity contribution is 0.288. The molecule has 0 amide bonds. The van der Waals surface area contributed by atoms with Crippen molar-refractivity contribution in [2.45, 2.75) is 37.5 Å². The first-order valence-corrected chi connectivity index (χ1v) is 8.46. The standard InChI is InChI=1S/C18H22BrNO/c1-21-17-11-13-5-6-15(19)9-14(13)10-16(17)18(12-20)7-3-2-4-8-18/h5-6,9-11H,2-4,7-8,12,20H2,1H3. The predicted octanol–water partition coefficient (Wildman–Crippen LogP) is 4.77. The maximum atomic E-state index is 6.20. The van der Waals surface area contributed by atoms with E-state index >= 15 is 0 Å². The third-order valence-corrected chi connectivity index (χ3v) is 5.39. The van der Waals surface area contributed by atoms with Crippen molar-refractivity contribution in [3.63, 3.8) is 0 Å². The van der Waals surface area contributed by atoms with Crippen LogP contribution in [0.5, 0.6) is 5.75 Å². The van der Waals surface area contributed by atoms with Crippen molar-refractivity contribution in [3.05, 3.63) is 40.4 Å². The van der Waals surface area contributed by atoms with Gasteiger partial charge in [0, 0.05) is 22.0 Å². The second-order valence-corrected chi connectivity index (χ2v) is 7.00. The van der Waals surface area contributed by atoms with Gasteiger partial charge in [-0.15, -0.1) is 0 Å². The molecule has 0 unspecified atom stereocenters. The number of fused-ring (bicyclic) bond motifs is 1. The monoisotopic (exact) mass is 347 g/mol. The summed E-state index contributed by atoms with van der Waals surface area (Å²) < 4.78 is 6.80. The van der Waals surface area contributed by atoms with Crippen molar-refractivity contribution >= 4 is 26.7 Å². The van der Waals surface area contributed by atoms with Crippen LogP contribution in [-0.2, 0) is 5.41 Å². The number of rotatable bonds is 3. The fourth-order valence-corrected chi connectivity index (χ4v) is 4.02. The van der Waals surface area contributed by atoms with Gasteiger partial charge in [-0.05, 0) is 47.9 Å². The largest absolute Gasteiger partial charge is 0.496 e. The van der Waals surface area contributed by atoms with E-state index in [-0.39, 0.29) is 5.41 Å². The smallest absolute Gasteiger partial charge is 0.123 e. The molecule has 0 radical (unpaired) electrons. The van der Waals surface area contributed by atoms with Crippen LogP contribution in [0.3, 0.4) is 0 Å². The summed E-state index contributed by atoms with van der Waals surface area (Å²) in [7, 11) is 1.76. The molecule has 0 aliphatic heterocycles. The molecule has 112 valence electrons. The van der Waals surface area contributed by atoms with E-state index in [2.05, 4.69) is 46.3 Å². The van der Waals surface area contributed by atoms with Crippen molar-refractivity contribution in [2.24, 2.45) is 5.73 Å². The number of halogens is 1. The lowest BCUT2D eigenvalue weighted by Gasteiger charge is -2.37. The Balaban J connectivity index is 2.19. The Hall–Kier alpha value is -1.06. The number of hydrogen-bond acceptors (Lipinski definition) is 2. The fraction of sp³-hybridized carbons (Fsp3) is 0.444. The van der Waals surface area contributed by atoms with E-state index < -0.39 is 0 Å². The lowest BCUT2D eigenvalue weighted by Crippen LogP contribution is -2.37. The maximum Gasteiger partial charge on any atom is 0.123 e. The van der Waals surface area contributed by atoms with Crippen LogP contribution < -0.4 is 10.5 Å². The Labute approximate surface area is 134 Å². The van der Waals surface area contributed by atoms with E-state index in [4.69, 9.17) is 10.5 Å². The second-order valence-electron chi connectivity index (χ2n) is 6.09. The molecule has 0 heterocycles. The maximum absolute atomic E-state index is 6.20. The molecule has 0 spiro atoms. The van der Waals surface area contributed by atoms with Crippen LogP contribution in [0, 0.1) is 0 Å². The van der Waals surface area contributed by atoms with Crippen LogP contribution in [0.1, 0.15) is 37.7 Å². The number of nitrogens with two attached hydrogens (primary N) is 1. The van der Waals surface area contributed by atoms with Gasteiger partial charge in [-0.2, -0.15) is 0 Å². The summed E-state index contributed by atoms with van der Waals surface area (Å²) in [6, 6.07) is 10.8. The highest BCUT2D eigenvalue weighted by atomic mass is 79.9. The molecular weight excluding hydrogens is 326 g/mol. The predicted molar refractivity (Wildman–Crippen MR) is 92.0 cm³/mol. The lowest BCUT2D eigenvalue weighted by atomic mass is 9.69. The van der Waals surface area contributed by atoms with Gasteiger partial charge in [0.05, 0.1) is 7.11 Å². The molecule has 1 aliphatic rings. The summed E-state index contributed by atoms with van der Waals surface area (Å²) in [5, 5.41) is 2.46. The molecule has 2 aromatic carbocycles. The highest BCUT2D eigenvalue weighted by molar-refractivity contribution is 9.10. The minimum atomic E-state index is 0.0834. The first-order valence-electron chi connectivity index (χ1n) is 7.66. The first kappa shape index (κ1) is 14.9. The number of methoxy groups -OCH3 is 1. The van der Waals surface area contributed by atoms with E-state index in [1.807, 2.05) is 0 Å². The van der Waals surface area contributed by atoms with Gasteiger partial charge < -0.3 is 10.5 Å². The zero-order valence-electron chi connectivity index (χ0n) is 12.5. The minimum Gasteiger partial charge on any atom is -0.496 e. The summed E-state index contributed by atoms with van der Waals surface area (Å²) in [6.07, 6.45) is 6.18. The van der Waals surface area contributed by atoms with Crippen LogP contribution in [0.25, 0.3) is 10.8 Å². The van der Waals surface area contributed by atoms with Gasteiger partial charge in [-0.25, -0.2) is 0 Å². The Bertz CT molecular complexity index is 647. The molecule has 0 saturated heterocycles. The second kappa shape index (κ2) is 5.98. The van der Waals surface area contributed by atoms with E-state index in [9.17, 15) is 0 Å². The summed E-state index contributed by atoms with van der Waals surface area (Å²) >= 11 is 3.56. The molecule has 3 heteroatoms. The molecule has 2 nitrogen and oxygen atoms in total. The van der Waals surface area contributed by atoms with Gasteiger partial charge in [-0.3, -0.25) is 0 Å². The third kappa shape index (κ3) is 2.69. The summed E-state index contributed by atoms with van der Waals surface area (Å²) in [6.45, 7) is 0.697. The molecular formula is C18H22BrNO. The number of ether oxygens (including phenoxy) is 1. The highest BCUT2D eigenvalue weighted by Gasteiger charge is 2.35. The first-order chi connectivity index (χ1) is 10.2. The van der Waals surface area contributed by atoms with Gasteiger partial charge in [0.25, 0.3) is 0 Å². The molecule has 1 saturated carbocycles. The Morgan fingerprint density at radius 3 is 2.52 bits per heavy atom. The quantitative estimate of drug-likeness (QED) is 0.867. The molecule has 1 fully saturated rings. The van der Waals surface area contributed by atoms with Crippen LogP contribution in [0.2, 0.25) is 0 Å². The zero-order chi connectivity index (χ0) is 14.9. The molecule has 0 atom stereocenters. The van der Waals surface area contributed by atoms with Crippen LogP contribution in [-0.4, -0.2) is 13.7 Å². The molecule has 21 heavy (non-hydrogen) atoms. The minimum absolute atomic E-state index is 0.0834. The van der Waals surface area contributed by atoms with Crippen molar-refractivity contribution in [1.29, 1.82) is 0 Å². The molecule has 0 aromatic heterocycles. The molecule has 2 N–H and O–H groups in total. The number of hydrogen-bond donors (Lipinski definition) is 1. The average Bonchev–Trinajstić information content (AvgIpc) is 2.54. The Morgan fingerprint density at radius 1 is 1.10 bits per heavy atom. The van der Waals surface area contributed by atoms with Crippen molar-refractivity contribution < 1.29 is 4.74 Å². The highest BCUT2D eigenvalue weighted by Crippen LogP contribution is 2.44. The molecule has 3 rings (SSSR count). The average molecular weight is 348 g/mol. The molecule has 1 aliphatic carbocycles. The van der Waals surface area contributed by atoms with Crippen molar-refractivity contribution in [1.82, 2.24) is 0 Å². The van der Waals surface area contributed by atoms with Gasteiger partial charge >= 0.3 is 0 Å². The van der Waals surface area contributed by atoms with E-state index in [0.29, 0.717) is 6.54 Å². The third-order valence-electron chi connectivity index (χ3n) is 4.89. The molecule has 0 bridgehead atoms. The van der Waals surface area contributed by atoms with E-state index in [0.717, 1.165) is 10.2 Å². The van der Waals surface area contributed by atoms with Gasteiger partial charge in [-0.1, -0.05) is 41.3 Å². The zero-order valence-corrected chi connectivity index (χ0v) is 14.1. The fourth-order valence-electron chi connectivity index (χ4n) is 3.64. The van der Waals surface area contributed by atoms with Crippen LogP contribution in [0.15, 0.2) is 34.8 Å². The van der Waals surface area contributed by atoms with Crippen LogP contribution in [0.4, 0.5) is 0 Å². The van der Waals surface area contributed by atoms with Crippen molar-refractivity contribution in [3.8, 4) is 5.75 Å². The van der Waals surface area contributed by atoms with Gasteiger partial charge in [0.1, 0.15) is 5.75 Å². The normalized spacial score (nSPS) is 17.9. The van der Waals surface area contributed by atoms with Gasteiger partial charge in [0.2, 0.25) is 0 Å². The topological polar surface area (TPSA) is 35.2 Å². The Kier molecular flexibility index (Phi) is 4.23. The summed E-state index contributed by atoms with van der Waals surface area (Å²) in [5.74, 6) is 0.983. The Morgan fingerprint density at radius 2 is 1.86 bits per heavy atom.